The Balaban J connectivity index is 1.86. The summed E-state index contributed by atoms with van der Waals surface area (Å²) in [5.41, 5.74) is 3.22. The van der Waals surface area contributed by atoms with Gasteiger partial charge in [0.15, 0.2) is 5.78 Å². The zero-order valence-corrected chi connectivity index (χ0v) is 13.5. The van der Waals surface area contributed by atoms with Crippen molar-refractivity contribution in [3.63, 3.8) is 0 Å². The quantitative estimate of drug-likeness (QED) is 0.716. The third-order valence-corrected chi connectivity index (χ3v) is 4.40. The molecule has 0 spiro atoms. The number of carbonyl (C=O) groups is 1. The van der Waals surface area contributed by atoms with Crippen molar-refractivity contribution in [2.45, 2.75) is 32.3 Å². The summed E-state index contributed by atoms with van der Waals surface area (Å²) in [6, 6.07) is 5.62. The van der Waals surface area contributed by atoms with Crippen LogP contribution >= 0.6 is 15.9 Å². The van der Waals surface area contributed by atoms with Gasteiger partial charge in [0.1, 0.15) is 11.9 Å². The highest BCUT2D eigenvalue weighted by Crippen LogP contribution is 2.33. The van der Waals surface area contributed by atoms with Gasteiger partial charge in [0, 0.05) is 4.47 Å². The van der Waals surface area contributed by atoms with Crippen LogP contribution < -0.4 is 4.74 Å². The molecule has 0 amide bonds. The number of halogens is 1. The number of ether oxygens (including phenoxy) is 1. The number of allylic oxidation sites excluding steroid dienone is 5. The topological polar surface area (TPSA) is 26.3 Å². The molecule has 0 bridgehead atoms. The highest BCUT2D eigenvalue weighted by atomic mass is 79.9. The Morgan fingerprint density at radius 3 is 2.86 bits per heavy atom. The summed E-state index contributed by atoms with van der Waals surface area (Å²) in [4.78, 5) is 12.4. The molecule has 1 aliphatic carbocycles. The second-order valence-electron chi connectivity index (χ2n) is 5.51. The first-order valence-electron chi connectivity index (χ1n) is 7.16. The molecule has 21 heavy (non-hydrogen) atoms. The van der Waals surface area contributed by atoms with E-state index in [1.807, 2.05) is 30.4 Å². The monoisotopic (exact) mass is 344 g/mol. The first-order valence-corrected chi connectivity index (χ1v) is 7.95. The van der Waals surface area contributed by atoms with Gasteiger partial charge in [-0.3, -0.25) is 4.79 Å². The predicted octanol–water partition coefficient (Wildman–Crippen LogP) is 5.01. The Hall–Kier alpha value is -1.61. The summed E-state index contributed by atoms with van der Waals surface area (Å²) in [7, 11) is 0. The lowest BCUT2D eigenvalue weighted by molar-refractivity contribution is 0.0882. The molecule has 3 heteroatoms. The van der Waals surface area contributed by atoms with E-state index >= 15 is 0 Å². The lowest BCUT2D eigenvalue weighted by atomic mass is 9.92. The van der Waals surface area contributed by atoms with Crippen molar-refractivity contribution in [3.8, 4) is 5.75 Å². The number of carbonyl (C=O) groups excluding carboxylic acids is 1. The molecule has 2 nitrogen and oxygen atoms in total. The van der Waals surface area contributed by atoms with E-state index in [2.05, 4.69) is 35.0 Å². The molecule has 0 radical (unpaired) electrons. The largest absolute Gasteiger partial charge is 0.485 e. The average molecular weight is 345 g/mol. The van der Waals surface area contributed by atoms with Gasteiger partial charge < -0.3 is 4.74 Å². The van der Waals surface area contributed by atoms with E-state index in [0.717, 1.165) is 17.3 Å². The molecule has 1 unspecified atom stereocenters. The molecule has 108 valence electrons. The molecule has 1 aliphatic heterocycles. The molecule has 1 atom stereocenters. The Morgan fingerprint density at radius 1 is 1.19 bits per heavy atom. The smallest absolute Gasteiger partial charge is 0.170 e. The number of Topliss-reactive ketones (excluding diaryl/α,β-unsaturated/α-hetero) is 1. The van der Waals surface area contributed by atoms with Crippen molar-refractivity contribution >= 4 is 21.7 Å². The molecule has 0 N–H and O–H groups in total. The minimum atomic E-state index is -0.137. The SMILES string of the molecule is CC1=CC=CC=C(C2CC(=O)c3cc(Br)ccc3O2)CC1. The van der Waals surface area contributed by atoms with Crippen LogP contribution in [-0.2, 0) is 0 Å². The van der Waals surface area contributed by atoms with Crippen LogP contribution in [0.4, 0.5) is 0 Å². The fourth-order valence-corrected chi connectivity index (χ4v) is 3.04. The van der Waals surface area contributed by atoms with Gasteiger partial charge in [-0.15, -0.1) is 0 Å². The van der Waals surface area contributed by atoms with Crippen molar-refractivity contribution in [2.75, 3.05) is 0 Å². The molecule has 0 fully saturated rings. The van der Waals surface area contributed by atoms with Crippen molar-refractivity contribution < 1.29 is 9.53 Å². The van der Waals surface area contributed by atoms with Crippen LogP contribution in [0.3, 0.4) is 0 Å². The van der Waals surface area contributed by atoms with Crippen LogP contribution in [0.5, 0.6) is 5.75 Å². The molecule has 3 rings (SSSR count). The lowest BCUT2D eigenvalue weighted by Gasteiger charge is -2.27. The molecular formula is C18H17BrO2. The number of ketones is 1. The Bertz CT molecular complexity index is 668. The van der Waals surface area contributed by atoms with E-state index in [9.17, 15) is 4.79 Å². The molecule has 0 saturated heterocycles. The zero-order valence-electron chi connectivity index (χ0n) is 11.9. The first-order chi connectivity index (χ1) is 10.1. The van der Waals surface area contributed by atoms with Crippen molar-refractivity contribution in [1.29, 1.82) is 0 Å². The van der Waals surface area contributed by atoms with Gasteiger partial charge >= 0.3 is 0 Å². The van der Waals surface area contributed by atoms with Crippen LogP contribution in [0.1, 0.15) is 36.5 Å². The number of benzene rings is 1. The van der Waals surface area contributed by atoms with Crippen molar-refractivity contribution in [2.24, 2.45) is 0 Å². The minimum absolute atomic E-state index is 0.137. The first kappa shape index (κ1) is 14.3. The van der Waals surface area contributed by atoms with E-state index < -0.39 is 0 Å². The maximum absolute atomic E-state index is 12.4. The van der Waals surface area contributed by atoms with Crippen LogP contribution in [0.2, 0.25) is 0 Å². The van der Waals surface area contributed by atoms with Crippen LogP contribution in [0.25, 0.3) is 0 Å². The van der Waals surface area contributed by atoms with E-state index in [1.54, 1.807) is 0 Å². The number of hydrogen-bond acceptors (Lipinski definition) is 2. The predicted molar refractivity (Wildman–Crippen MR) is 87.7 cm³/mol. The fourth-order valence-electron chi connectivity index (χ4n) is 2.68. The molecule has 1 aromatic carbocycles. The second-order valence-corrected chi connectivity index (χ2v) is 6.43. The maximum atomic E-state index is 12.4. The average Bonchev–Trinajstić information content (AvgIpc) is 2.44. The molecule has 0 aromatic heterocycles. The summed E-state index contributed by atoms with van der Waals surface area (Å²) in [6.45, 7) is 2.13. The molecule has 1 aromatic rings. The zero-order chi connectivity index (χ0) is 14.8. The number of fused-ring (bicyclic) bond motifs is 1. The van der Waals surface area contributed by atoms with E-state index in [4.69, 9.17) is 4.74 Å². The van der Waals surface area contributed by atoms with Crippen LogP contribution in [0, 0.1) is 0 Å². The van der Waals surface area contributed by atoms with Crippen molar-refractivity contribution in [1.82, 2.24) is 0 Å². The summed E-state index contributed by atoms with van der Waals surface area (Å²) in [5, 5.41) is 0. The van der Waals surface area contributed by atoms with Crippen LogP contribution in [0.15, 0.2) is 58.1 Å². The van der Waals surface area contributed by atoms with Crippen molar-refractivity contribution in [3.05, 3.63) is 63.7 Å². The third-order valence-electron chi connectivity index (χ3n) is 3.91. The summed E-state index contributed by atoms with van der Waals surface area (Å²) >= 11 is 3.40. The standard InChI is InChI=1S/C18H17BrO2/c1-12-4-2-3-5-13(7-6-12)18-11-16(20)15-10-14(19)8-9-17(15)21-18/h2-5,8-10,18H,6-7,11H2,1H3. The lowest BCUT2D eigenvalue weighted by Crippen LogP contribution is -2.29. The van der Waals surface area contributed by atoms with Gasteiger partial charge in [0.2, 0.25) is 0 Å². The highest BCUT2D eigenvalue weighted by Gasteiger charge is 2.28. The Morgan fingerprint density at radius 2 is 2.00 bits per heavy atom. The van der Waals surface area contributed by atoms with E-state index in [0.29, 0.717) is 17.7 Å². The highest BCUT2D eigenvalue weighted by molar-refractivity contribution is 9.10. The minimum Gasteiger partial charge on any atom is -0.485 e. The molecular weight excluding hydrogens is 328 g/mol. The van der Waals surface area contributed by atoms with Gasteiger partial charge in [-0.05, 0) is 43.5 Å². The van der Waals surface area contributed by atoms with Gasteiger partial charge in [-0.2, -0.15) is 0 Å². The normalized spacial score (nSPS) is 21.6. The Kier molecular flexibility index (Phi) is 4.11. The van der Waals surface area contributed by atoms with Gasteiger partial charge in [-0.1, -0.05) is 45.8 Å². The Labute approximate surface area is 133 Å². The summed E-state index contributed by atoms with van der Waals surface area (Å²) < 4.78 is 6.97. The van der Waals surface area contributed by atoms with Gasteiger partial charge in [0.25, 0.3) is 0 Å². The molecule has 0 saturated carbocycles. The molecule has 2 aliphatic rings. The second kappa shape index (κ2) is 6.02. The van der Waals surface area contributed by atoms with Crippen LogP contribution in [-0.4, -0.2) is 11.9 Å². The van der Waals surface area contributed by atoms with E-state index in [1.165, 1.54) is 11.1 Å². The maximum Gasteiger partial charge on any atom is 0.170 e. The number of hydrogen-bond donors (Lipinski definition) is 0. The fraction of sp³-hybridized carbons (Fsp3) is 0.278. The number of rotatable bonds is 1. The summed E-state index contributed by atoms with van der Waals surface area (Å²) in [5.74, 6) is 0.848. The molecule has 1 heterocycles. The summed E-state index contributed by atoms with van der Waals surface area (Å²) in [6.07, 6.45) is 10.5. The van der Waals surface area contributed by atoms with E-state index in [-0.39, 0.29) is 11.9 Å². The van der Waals surface area contributed by atoms with Gasteiger partial charge in [0.05, 0.1) is 12.0 Å². The van der Waals surface area contributed by atoms with Gasteiger partial charge in [-0.25, -0.2) is 0 Å². The third kappa shape index (κ3) is 3.18.